The molecule has 10 nitrogen and oxygen atoms in total. The molecule has 0 aliphatic carbocycles. The topological polar surface area (TPSA) is 142 Å². The summed E-state index contributed by atoms with van der Waals surface area (Å²) in [5.41, 5.74) is 1.24. The predicted octanol–water partition coefficient (Wildman–Crippen LogP) is 2.94. The Morgan fingerprint density at radius 2 is 1.59 bits per heavy atom. The number of anilines is 2. The Hall–Kier alpha value is -4.17. The zero-order valence-electron chi connectivity index (χ0n) is 21.5. The van der Waals surface area contributed by atoms with Crippen LogP contribution in [0.5, 0.6) is 0 Å². The number of fused-ring (bicyclic) bond motifs is 1. The van der Waals surface area contributed by atoms with E-state index < -0.39 is 55.2 Å². The van der Waals surface area contributed by atoms with Crippen LogP contribution in [0.3, 0.4) is 0 Å². The van der Waals surface area contributed by atoms with Gasteiger partial charge in [-0.2, -0.15) is 8.42 Å². The van der Waals surface area contributed by atoms with E-state index in [0.29, 0.717) is 11.1 Å². The first kappa shape index (κ1) is 28.4. The normalized spacial score (nSPS) is 20.2. The van der Waals surface area contributed by atoms with E-state index in [4.69, 9.17) is 0 Å². The number of halogens is 2. The zero-order valence-corrected chi connectivity index (χ0v) is 23.2. The van der Waals surface area contributed by atoms with Crippen LogP contribution in [0.1, 0.15) is 11.1 Å². The van der Waals surface area contributed by atoms with Crippen molar-refractivity contribution in [1.29, 1.82) is 0 Å². The van der Waals surface area contributed by atoms with Gasteiger partial charge in [0, 0.05) is 24.7 Å². The number of hydrogen-bond acceptors (Lipinski definition) is 7. The molecule has 14 heteroatoms. The molecule has 2 N–H and O–H groups in total. The second kappa shape index (κ2) is 10.7. The van der Waals surface area contributed by atoms with Gasteiger partial charge in [-0.1, -0.05) is 24.3 Å². The standard InChI is InChI=1S/C27H24F2N4O6S2/c1-40(36,37)31-21-10-11-22-23(13-21)41(38,39)32-26(30-22)24-25(34)18(12-16-2-6-19(28)7-3-16)15-33(27(24)35)14-17-4-8-20(29)9-5-17/h2-11,13,18,24,31H,12,14-15H2,1H3,(H,30,32). The third kappa shape index (κ3) is 6.28. The van der Waals surface area contributed by atoms with Crippen LogP contribution in [0.2, 0.25) is 0 Å². The molecule has 2 heterocycles. The molecule has 2 atom stereocenters. The molecule has 0 bridgehead atoms. The highest BCUT2D eigenvalue weighted by Crippen LogP contribution is 2.34. The molecule has 3 aromatic rings. The number of Topliss-reactive ketones (excluding diaryl/α,β-unsaturated/α-hetero) is 1. The minimum absolute atomic E-state index is 0.0000571. The highest BCUT2D eigenvalue weighted by Gasteiger charge is 2.46. The van der Waals surface area contributed by atoms with Gasteiger partial charge in [0.05, 0.1) is 11.9 Å². The van der Waals surface area contributed by atoms with Crippen molar-refractivity contribution in [3.05, 3.63) is 89.5 Å². The minimum atomic E-state index is -4.44. The van der Waals surface area contributed by atoms with Gasteiger partial charge in [0.1, 0.15) is 22.4 Å². The Balaban J connectivity index is 1.50. The first-order valence-corrected chi connectivity index (χ1v) is 15.7. The Morgan fingerprint density at radius 1 is 0.976 bits per heavy atom. The SMILES string of the molecule is CS(=O)(=O)Nc1ccc2c(c1)S(=O)(=O)N=C(C1C(=O)C(Cc3ccc(F)cc3)CN(Cc3ccc(F)cc3)C1=O)N2. The van der Waals surface area contributed by atoms with Crippen LogP contribution >= 0.6 is 0 Å². The number of nitrogens with zero attached hydrogens (tertiary/aromatic N) is 2. The van der Waals surface area contributed by atoms with Crippen molar-refractivity contribution in [2.45, 2.75) is 17.9 Å². The average Bonchev–Trinajstić information content (AvgIpc) is 2.89. The van der Waals surface area contributed by atoms with Crippen molar-refractivity contribution in [1.82, 2.24) is 4.90 Å². The van der Waals surface area contributed by atoms with Crippen molar-refractivity contribution in [2.75, 3.05) is 22.8 Å². The van der Waals surface area contributed by atoms with E-state index in [-0.39, 0.29) is 41.6 Å². The lowest BCUT2D eigenvalue weighted by atomic mass is 9.82. The number of sulfonamides is 2. The molecule has 0 radical (unpaired) electrons. The zero-order chi connectivity index (χ0) is 29.5. The number of amides is 1. The lowest BCUT2D eigenvalue weighted by Crippen LogP contribution is -2.55. The van der Waals surface area contributed by atoms with Crippen molar-refractivity contribution >= 4 is 48.9 Å². The van der Waals surface area contributed by atoms with Gasteiger partial charge in [-0.3, -0.25) is 14.3 Å². The highest BCUT2D eigenvalue weighted by atomic mass is 32.2. The number of benzene rings is 3. The maximum Gasteiger partial charge on any atom is 0.286 e. The molecule has 2 unspecified atom stereocenters. The first-order valence-electron chi connectivity index (χ1n) is 12.3. The van der Waals surface area contributed by atoms with E-state index in [0.717, 1.165) is 12.3 Å². The number of nitrogens with one attached hydrogen (secondary N) is 2. The van der Waals surface area contributed by atoms with Gasteiger partial charge in [-0.05, 0) is 60.0 Å². The summed E-state index contributed by atoms with van der Waals surface area (Å²) in [5.74, 6) is -4.91. The third-order valence-corrected chi connectivity index (χ3v) is 8.62. The average molecular weight is 603 g/mol. The van der Waals surface area contributed by atoms with Gasteiger partial charge in [0.25, 0.3) is 10.0 Å². The molecular formula is C27H24F2N4O6S2. The molecular weight excluding hydrogens is 578 g/mol. The third-order valence-electron chi connectivity index (χ3n) is 6.69. The molecule has 214 valence electrons. The van der Waals surface area contributed by atoms with E-state index in [1.54, 1.807) is 0 Å². The molecule has 3 aromatic carbocycles. The Kier molecular flexibility index (Phi) is 7.38. The molecule has 0 saturated carbocycles. The van der Waals surface area contributed by atoms with Crippen molar-refractivity contribution in [3.63, 3.8) is 0 Å². The van der Waals surface area contributed by atoms with Gasteiger partial charge in [0.2, 0.25) is 15.9 Å². The number of hydrogen-bond donors (Lipinski definition) is 2. The fourth-order valence-corrected chi connectivity index (χ4v) is 6.58. The Bertz CT molecular complexity index is 1710. The molecule has 1 fully saturated rings. The van der Waals surface area contributed by atoms with Crippen LogP contribution in [0, 0.1) is 23.5 Å². The molecule has 1 saturated heterocycles. The Morgan fingerprint density at radius 3 is 2.20 bits per heavy atom. The first-order chi connectivity index (χ1) is 19.3. The summed E-state index contributed by atoms with van der Waals surface area (Å²) in [6, 6.07) is 14.8. The van der Waals surface area contributed by atoms with Crippen molar-refractivity contribution < 1.29 is 35.2 Å². The second-order valence-corrected chi connectivity index (χ2v) is 13.2. The van der Waals surface area contributed by atoms with E-state index in [1.165, 1.54) is 65.6 Å². The molecule has 2 aliphatic heterocycles. The van der Waals surface area contributed by atoms with Gasteiger partial charge >= 0.3 is 0 Å². The minimum Gasteiger partial charge on any atom is -0.341 e. The summed E-state index contributed by atoms with van der Waals surface area (Å²) in [5, 5.41) is 2.78. The number of rotatable bonds is 7. The summed E-state index contributed by atoms with van der Waals surface area (Å²) in [6.07, 6.45) is 1.07. The van der Waals surface area contributed by atoms with E-state index >= 15 is 0 Å². The molecule has 5 rings (SSSR count). The van der Waals surface area contributed by atoms with Crippen LogP contribution in [0.15, 0.2) is 76.0 Å². The van der Waals surface area contributed by atoms with E-state index in [9.17, 15) is 35.2 Å². The quantitative estimate of drug-likeness (QED) is 0.396. The fraction of sp³-hybridized carbons (Fsp3) is 0.222. The number of carbonyl (C=O) groups excluding carboxylic acids is 2. The summed E-state index contributed by atoms with van der Waals surface area (Å²) in [6.45, 7) is 0.0278. The number of likely N-dealkylation sites (tertiary alicyclic amines) is 1. The number of ketones is 1. The number of amidine groups is 1. The van der Waals surface area contributed by atoms with Crippen LogP contribution < -0.4 is 10.0 Å². The number of carbonyl (C=O) groups is 2. The van der Waals surface area contributed by atoms with Gasteiger partial charge < -0.3 is 10.2 Å². The highest BCUT2D eigenvalue weighted by molar-refractivity contribution is 7.92. The lowest BCUT2D eigenvalue weighted by molar-refractivity contribution is -0.146. The molecule has 0 aromatic heterocycles. The monoisotopic (exact) mass is 602 g/mol. The van der Waals surface area contributed by atoms with Gasteiger partial charge in [-0.25, -0.2) is 17.2 Å². The summed E-state index contributed by atoms with van der Waals surface area (Å²) >= 11 is 0. The van der Waals surface area contributed by atoms with E-state index in [1.807, 2.05) is 0 Å². The van der Waals surface area contributed by atoms with Crippen LogP contribution in [-0.4, -0.2) is 52.1 Å². The predicted molar refractivity (Wildman–Crippen MR) is 147 cm³/mol. The second-order valence-electron chi connectivity index (χ2n) is 9.87. The smallest absolute Gasteiger partial charge is 0.286 e. The molecule has 41 heavy (non-hydrogen) atoms. The van der Waals surface area contributed by atoms with Gasteiger partial charge in [0.15, 0.2) is 11.7 Å². The Labute approximate surface area is 235 Å². The summed E-state index contributed by atoms with van der Waals surface area (Å²) < 4.78 is 82.4. The maximum absolute atomic E-state index is 13.7. The lowest BCUT2D eigenvalue weighted by Gasteiger charge is -2.37. The van der Waals surface area contributed by atoms with Crippen molar-refractivity contribution in [3.8, 4) is 0 Å². The van der Waals surface area contributed by atoms with Crippen LogP contribution in [-0.2, 0) is 42.6 Å². The van der Waals surface area contributed by atoms with Crippen LogP contribution in [0.25, 0.3) is 0 Å². The van der Waals surface area contributed by atoms with E-state index in [2.05, 4.69) is 14.4 Å². The number of piperidine rings is 1. The maximum atomic E-state index is 13.7. The largest absolute Gasteiger partial charge is 0.341 e. The summed E-state index contributed by atoms with van der Waals surface area (Å²) in [4.78, 5) is 28.4. The van der Waals surface area contributed by atoms with Crippen molar-refractivity contribution in [2.24, 2.45) is 16.2 Å². The van der Waals surface area contributed by atoms with Crippen LogP contribution in [0.4, 0.5) is 20.2 Å². The van der Waals surface area contributed by atoms with Gasteiger partial charge in [-0.15, -0.1) is 4.40 Å². The molecule has 1 amide bonds. The molecule has 2 aliphatic rings. The summed E-state index contributed by atoms with van der Waals surface area (Å²) in [7, 11) is -8.13. The fourth-order valence-electron chi connectivity index (χ4n) is 4.84. The molecule has 0 spiro atoms.